The quantitative estimate of drug-likeness (QED) is 0.364. The number of nitrogens with one attached hydrogen (secondary N) is 2. The third-order valence-corrected chi connectivity index (χ3v) is 5.07. The molecule has 0 aliphatic rings. The highest BCUT2D eigenvalue weighted by atomic mass is 32.2. The van der Waals surface area contributed by atoms with E-state index in [4.69, 9.17) is 4.74 Å². The number of ether oxygens (including phenoxy) is 1. The molecule has 0 unspecified atom stereocenters. The second-order valence-electron chi connectivity index (χ2n) is 6.21. The van der Waals surface area contributed by atoms with Crippen molar-refractivity contribution in [2.45, 2.75) is 5.16 Å². The zero-order valence-corrected chi connectivity index (χ0v) is 16.6. The van der Waals surface area contributed by atoms with Crippen LogP contribution in [0.2, 0.25) is 0 Å². The molecule has 2 aromatic heterocycles. The van der Waals surface area contributed by atoms with Crippen LogP contribution < -0.4 is 15.6 Å². The molecule has 10 heteroatoms. The third kappa shape index (κ3) is 4.18. The third-order valence-electron chi connectivity index (χ3n) is 4.20. The normalized spacial score (nSPS) is 10.9. The number of anilines is 1. The number of halogens is 1. The number of hydrogen-bond donors (Lipinski definition) is 2. The molecule has 4 rings (SSSR count). The Morgan fingerprint density at radius 2 is 1.93 bits per heavy atom. The Hall–Kier alpha value is -3.66. The van der Waals surface area contributed by atoms with Gasteiger partial charge in [0.2, 0.25) is 5.91 Å². The minimum absolute atomic E-state index is 0.0164. The SMILES string of the molecule is COc1ccc(-n2ncc3c(=O)[nH]c(SCC(=O)Nc4ccc(F)cc4)nc32)cc1. The number of fused-ring (bicyclic) bond motifs is 1. The zero-order valence-electron chi connectivity index (χ0n) is 15.8. The predicted molar refractivity (Wildman–Crippen MR) is 112 cm³/mol. The summed E-state index contributed by atoms with van der Waals surface area (Å²) < 4.78 is 19.7. The average Bonchev–Trinajstić information content (AvgIpc) is 3.18. The van der Waals surface area contributed by atoms with E-state index in [1.807, 2.05) is 0 Å². The van der Waals surface area contributed by atoms with E-state index in [0.29, 0.717) is 28.2 Å². The van der Waals surface area contributed by atoms with Crippen molar-refractivity contribution in [3.8, 4) is 11.4 Å². The summed E-state index contributed by atoms with van der Waals surface area (Å²) in [7, 11) is 1.58. The van der Waals surface area contributed by atoms with Crippen LogP contribution in [-0.4, -0.2) is 38.5 Å². The van der Waals surface area contributed by atoms with Crippen LogP contribution in [0.1, 0.15) is 0 Å². The molecule has 0 saturated heterocycles. The highest BCUT2D eigenvalue weighted by Crippen LogP contribution is 2.20. The standard InChI is InChI=1S/C20H16FN5O3S/c1-29-15-8-6-14(7-9-15)26-18-16(10-22-26)19(28)25-20(24-18)30-11-17(27)23-13-4-2-12(21)3-5-13/h2-10H,11H2,1H3,(H,23,27)(H,24,25,28). The Kier molecular flexibility index (Phi) is 5.48. The molecule has 0 fully saturated rings. The van der Waals surface area contributed by atoms with Crippen LogP contribution >= 0.6 is 11.8 Å². The van der Waals surface area contributed by atoms with E-state index in [9.17, 15) is 14.0 Å². The molecule has 30 heavy (non-hydrogen) atoms. The second kappa shape index (κ2) is 8.37. The number of aromatic amines is 1. The zero-order chi connectivity index (χ0) is 21.1. The summed E-state index contributed by atoms with van der Waals surface area (Å²) in [5, 5.41) is 7.54. The topological polar surface area (TPSA) is 102 Å². The van der Waals surface area contributed by atoms with E-state index in [1.165, 1.54) is 30.5 Å². The van der Waals surface area contributed by atoms with E-state index < -0.39 is 0 Å². The number of amides is 1. The number of carbonyl (C=O) groups excluding carboxylic acids is 1. The van der Waals surface area contributed by atoms with E-state index in [0.717, 1.165) is 11.8 Å². The first-order chi connectivity index (χ1) is 14.5. The van der Waals surface area contributed by atoms with Gasteiger partial charge in [-0.3, -0.25) is 9.59 Å². The largest absolute Gasteiger partial charge is 0.497 e. The van der Waals surface area contributed by atoms with E-state index in [1.54, 1.807) is 36.1 Å². The van der Waals surface area contributed by atoms with Crippen molar-refractivity contribution >= 4 is 34.4 Å². The van der Waals surface area contributed by atoms with Crippen LogP contribution in [0.25, 0.3) is 16.7 Å². The molecule has 0 atom stereocenters. The molecule has 1 amide bonds. The van der Waals surface area contributed by atoms with Crippen molar-refractivity contribution in [3.63, 3.8) is 0 Å². The molecule has 2 heterocycles. The number of H-pyrrole nitrogens is 1. The summed E-state index contributed by atoms with van der Waals surface area (Å²) in [5.74, 6) is 0.0241. The summed E-state index contributed by atoms with van der Waals surface area (Å²) in [6.07, 6.45) is 1.45. The first kappa shape index (κ1) is 19.6. The van der Waals surface area contributed by atoms with Gasteiger partial charge in [0.1, 0.15) is 17.0 Å². The van der Waals surface area contributed by atoms with Gasteiger partial charge >= 0.3 is 0 Å². The maximum absolute atomic E-state index is 13.0. The van der Waals surface area contributed by atoms with Crippen LogP contribution in [0, 0.1) is 5.82 Å². The lowest BCUT2D eigenvalue weighted by molar-refractivity contribution is -0.113. The molecule has 2 N–H and O–H groups in total. The number of rotatable bonds is 6. The minimum atomic E-state index is -0.383. The Morgan fingerprint density at radius 3 is 2.63 bits per heavy atom. The first-order valence-corrected chi connectivity index (χ1v) is 9.83. The second-order valence-corrected chi connectivity index (χ2v) is 7.17. The Bertz CT molecular complexity index is 1250. The molecule has 8 nitrogen and oxygen atoms in total. The molecule has 4 aromatic rings. The summed E-state index contributed by atoms with van der Waals surface area (Å²) in [4.78, 5) is 31.6. The van der Waals surface area contributed by atoms with Gasteiger partial charge in [0.25, 0.3) is 5.56 Å². The molecule has 152 valence electrons. The van der Waals surface area contributed by atoms with Crippen molar-refractivity contribution in [1.29, 1.82) is 0 Å². The highest BCUT2D eigenvalue weighted by molar-refractivity contribution is 7.99. The summed E-state index contributed by atoms with van der Waals surface area (Å²) in [5.41, 5.74) is 1.23. The summed E-state index contributed by atoms with van der Waals surface area (Å²) in [6.45, 7) is 0. The van der Waals surface area contributed by atoms with Crippen LogP contribution in [0.3, 0.4) is 0 Å². The molecular weight excluding hydrogens is 409 g/mol. The predicted octanol–water partition coefficient (Wildman–Crippen LogP) is 2.99. The fraction of sp³-hybridized carbons (Fsp3) is 0.100. The van der Waals surface area contributed by atoms with E-state index >= 15 is 0 Å². The van der Waals surface area contributed by atoms with Crippen LogP contribution in [0.4, 0.5) is 10.1 Å². The molecule has 0 spiro atoms. The maximum Gasteiger partial charge on any atom is 0.262 e. The van der Waals surface area contributed by atoms with Crippen molar-refractivity contribution < 1.29 is 13.9 Å². The highest BCUT2D eigenvalue weighted by Gasteiger charge is 2.13. The number of thioether (sulfide) groups is 1. The molecule has 2 aromatic carbocycles. The van der Waals surface area contributed by atoms with Gasteiger partial charge in [-0.15, -0.1) is 0 Å². The molecular formula is C20H16FN5O3S. The van der Waals surface area contributed by atoms with Crippen LogP contribution in [-0.2, 0) is 4.79 Å². The fourth-order valence-electron chi connectivity index (χ4n) is 2.74. The van der Waals surface area contributed by atoms with Gasteiger partial charge in [-0.25, -0.2) is 14.1 Å². The number of aromatic nitrogens is 4. The van der Waals surface area contributed by atoms with E-state index in [-0.39, 0.29) is 28.2 Å². The van der Waals surface area contributed by atoms with Crippen molar-refractivity contribution in [2.75, 3.05) is 18.2 Å². The van der Waals surface area contributed by atoms with Gasteiger partial charge in [-0.2, -0.15) is 5.10 Å². The molecule has 0 radical (unpaired) electrons. The summed E-state index contributed by atoms with van der Waals surface area (Å²) in [6, 6.07) is 12.6. The van der Waals surface area contributed by atoms with Crippen molar-refractivity contribution in [2.24, 2.45) is 0 Å². The fourth-order valence-corrected chi connectivity index (χ4v) is 3.40. The Morgan fingerprint density at radius 1 is 1.20 bits per heavy atom. The van der Waals surface area contributed by atoms with Crippen LogP contribution in [0.15, 0.2) is 64.7 Å². The van der Waals surface area contributed by atoms with Crippen molar-refractivity contribution in [1.82, 2.24) is 19.7 Å². The molecule has 0 saturated carbocycles. The number of hydrogen-bond acceptors (Lipinski definition) is 6. The number of methoxy groups -OCH3 is 1. The molecule has 0 aliphatic carbocycles. The van der Waals surface area contributed by atoms with E-state index in [2.05, 4.69) is 20.4 Å². The maximum atomic E-state index is 13.0. The first-order valence-electron chi connectivity index (χ1n) is 8.84. The lowest BCUT2D eigenvalue weighted by Gasteiger charge is -2.06. The lowest BCUT2D eigenvalue weighted by atomic mass is 10.3. The molecule has 0 bridgehead atoms. The number of nitrogens with zero attached hydrogens (tertiary/aromatic N) is 3. The Labute approximate surface area is 174 Å². The van der Waals surface area contributed by atoms with Crippen LogP contribution in [0.5, 0.6) is 5.75 Å². The minimum Gasteiger partial charge on any atom is -0.497 e. The van der Waals surface area contributed by atoms with Gasteiger partial charge in [-0.05, 0) is 48.5 Å². The van der Waals surface area contributed by atoms with Gasteiger partial charge < -0.3 is 15.0 Å². The Balaban J connectivity index is 1.53. The molecule has 0 aliphatic heterocycles. The number of carbonyl (C=O) groups is 1. The smallest absolute Gasteiger partial charge is 0.262 e. The average molecular weight is 425 g/mol. The lowest BCUT2D eigenvalue weighted by Crippen LogP contribution is -2.15. The summed E-state index contributed by atoms with van der Waals surface area (Å²) >= 11 is 1.08. The van der Waals surface area contributed by atoms with Gasteiger partial charge in [0, 0.05) is 5.69 Å². The monoisotopic (exact) mass is 425 g/mol. The van der Waals surface area contributed by atoms with Crippen molar-refractivity contribution in [3.05, 3.63) is 70.9 Å². The van der Waals surface area contributed by atoms with Gasteiger partial charge in [-0.1, -0.05) is 11.8 Å². The van der Waals surface area contributed by atoms with Gasteiger partial charge in [0.15, 0.2) is 10.8 Å². The van der Waals surface area contributed by atoms with Gasteiger partial charge in [0.05, 0.1) is 24.7 Å². The number of benzene rings is 2.